The van der Waals surface area contributed by atoms with Crippen LogP contribution in [-0.2, 0) is 0 Å². The van der Waals surface area contributed by atoms with Crippen molar-refractivity contribution < 1.29 is 0 Å². The summed E-state index contributed by atoms with van der Waals surface area (Å²) in [7, 11) is 0. The predicted molar refractivity (Wildman–Crippen MR) is 43.9 cm³/mol. The van der Waals surface area contributed by atoms with E-state index < -0.39 is 0 Å². The van der Waals surface area contributed by atoms with Crippen molar-refractivity contribution in [3.05, 3.63) is 23.2 Å². The second-order valence-electron chi connectivity index (χ2n) is 2.51. The molecule has 0 amide bonds. The molecule has 1 nitrogen and oxygen atoms in total. The number of rotatable bonds is 1. The van der Waals surface area contributed by atoms with E-state index in [2.05, 4.69) is 16.5 Å². The highest BCUT2D eigenvalue weighted by Gasteiger charge is 2.07. The Morgan fingerprint density at radius 3 is 3.10 bits per heavy atom. The average molecular weight is 151 g/mol. The second-order valence-corrected chi connectivity index (χ2v) is 3.17. The van der Waals surface area contributed by atoms with Gasteiger partial charge in [0.05, 0.1) is 5.69 Å². The number of aromatic nitrogens is 1. The molecule has 1 aliphatic carbocycles. The van der Waals surface area contributed by atoms with Crippen molar-refractivity contribution in [2.75, 3.05) is 0 Å². The van der Waals surface area contributed by atoms with Gasteiger partial charge in [0.15, 0.2) is 0 Å². The van der Waals surface area contributed by atoms with E-state index >= 15 is 0 Å². The van der Waals surface area contributed by atoms with Crippen molar-refractivity contribution in [3.63, 3.8) is 0 Å². The maximum Gasteiger partial charge on any atom is 0.0797 e. The zero-order chi connectivity index (χ0) is 6.81. The molecule has 0 unspecified atom stereocenters. The van der Waals surface area contributed by atoms with Crippen LogP contribution in [0.1, 0.15) is 25.0 Å². The summed E-state index contributed by atoms with van der Waals surface area (Å²) < 4.78 is 4.27. The molecule has 0 atom stereocenters. The van der Waals surface area contributed by atoms with Gasteiger partial charge < -0.3 is 0 Å². The van der Waals surface area contributed by atoms with Crippen LogP contribution < -0.4 is 0 Å². The van der Waals surface area contributed by atoms with Crippen LogP contribution in [0.15, 0.2) is 17.5 Å². The molecule has 0 fully saturated rings. The molecule has 0 aliphatic heterocycles. The van der Waals surface area contributed by atoms with E-state index in [0.717, 1.165) is 0 Å². The summed E-state index contributed by atoms with van der Waals surface area (Å²) in [4.78, 5) is 0. The van der Waals surface area contributed by atoms with Crippen LogP contribution in [0.25, 0.3) is 5.57 Å². The lowest BCUT2D eigenvalue weighted by molar-refractivity contribution is 0.934. The molecule has 0 N–H and O–H groups in total. The average Bonchev–Trinajstić information content (AvgIpc) is 2.59. The van der Waals surface area contributed by atoms with Gasteiger partial charge in [-0.2, -0.15) is 4.37 Å². The Morgan fingerprint density at radius 2 is 2.50 bits per heavy atom. The first kappa shape index (κ1) is 6.10. The van der Waals surface area contributed by atoms with Crippen LogP contribution in [0.2, 0.25) is 0 Å². The molecule has 0 aromatic carbocycles. The molecule has 2 rings (SSSR count). The SMILES string of the molecule is C1=C(c2ccsn2)CCC1. The lowest BCUT2D eigenvalue weighted by Gasteiger charge is -1.91. The quantitative estimate of drug-likeness (QED) is 0.601. The third-order valence-corrected chi connectivity index (χ3v) is 2.37. The Morgan fingerprint density at radius 1 is 1.50 bits per heavy atom. The smallest absolute Gasteiger partial charge is 0.0797 e. The van der Waals surface area contributed by atoms with Gasteiger partial charge in [0.1, 0.15) is 0 Å². The van der Waals surface area contributed by atoms with Gasteiger partial charge in [-0.05, 0) is 42.4 Å². The molecular formula is C8H9NS. The topological polar surface area (TPSA) is 12.9 Å². The van der Waals surface area contributed by atoms with Gasteiger partial charge in [0.25, 0.3) is 0 Å². The van der Waals surface area contributed by atoms with Crippen LogP contribution in [0.3, 0.4) is 0 Å². The summed E-state index contributed by atoms with van der Waals surface area (Å²) in [5.74, 6) is 0. The van der Waals surface area contributed by atoms with Crippen LogP contribution in [0.4, 0.5) is 0 Å². The molecule has 1 aliphatic rings. The summed E-state index contributed by atoms with van der Waals surface area (Å²) in [6.45, 7) is 0. The summed E-state index contributed by atoms with van der Waals surface area (Å²) in [6.07, 6.45) is 6.08. The number of nitrogens with zero attached hydrogens (tertiary/aromatic N) is 1. The van der Waals surface area contributed by atoms with Crippen molar-refractivity contribution in [1.82, 2.24) is 4.37 Å². The van der Waals surface area contributed by atoms with Gasteiger partial charge >= 0.3 is 0 Å². The van der Waals surface area contributed by atoms with Crippen molar-refractivity contribution >= 4 is 17.1 Å². The summed E-state index contributed by atoms with van der Waals surface area (Å²) in [5, 5.41) is 2.04. The monoisotopic (exact) mass is 151 g/mol. The van der Waals surface area contributed by atoms with Gasteiger partial charge in [-0.3, -0.25) is 0 Å². The fourth-order valence-corrected chi connectivity index (χ4v) is 1.82. The lowest BCUT2D eigenvalue weighted by atomic mass is 10.2. The van der Waals surface area contributed by atoms with Gasteiger partial charge in [-0.1, -0.05) is 6.08 Å². The molecular weight excluding hydrogens is 142 g/mol. The molecule has 0 saturated heterocycles. The van der Waals surface area contributed by atoms with Gasteiger partial charge in [-0.25, -0.2) is 0 Å². The Bertz CT molecular complexity index is 236. The first-order valence-corrected chi connectivity index (χ1v) is 4.40. The molecule has 0 spiro atoms. The summed E-state index contributed by atoms with van der Waals surface area (Å²) in [5.41, 5.74) is 2.64. The summed E-state index contributed by atoms with van der Waals surface area (Å²) >= 11 is 1.54. The molecule has 1 aromatic rings. The fourth-order valence-electron chi connectivity index (χ4n) is 1.28. The largest absolute Gasteiger partial charge is 0.193 e. The highest BCUT2D eigenvalue weighted by molar-refractivity contribution is 7.03. The highest BCUT2D eigenvalue weighted by atomic mass is 32.1. The van der Waals surface area contributed by atoms with E-state index in [4.69, 9.17) is 0 Å². The zero-order valence-corrected chi connectivity index (χ0v) is 6.53. The number of allylic oxidation sites excluding steroid dienone is 2. The van der Waals surface area contributed by atoms with E-state index in [1.807, 2.05) is 5.38 Å². The first-order chi connectivity index (χ1) is 4.97. The first-order valence-electron chi connectivity index (χ1n) is 3.56. The third kappa shape index (κ3) is 0.991. The Hall–Kier alpha value is -0.630. The Labute approximate surface area is 64.6 Å². The molecule has 10 heavy (non-hydrogen) atoms. The van der Waals surface area contributed by atoms with E-state index in [1.54, 1.807) is 0 Å². The van der Waals surface area contributed by atoms with E-state index in [0.29, 0.717) is 0 Å². The molecule has 0 radical (unpaired) electrons. The standard InChI is InChI=1S/C8H9NS/c1-2-4-7(3-1)8-5-6-10-9-8/h3,5-6H,1-2,4H2. The van der Waals surface area contributed by atoms with Gasteiger partial charge in [0.2, 0.25) is 0 Å². The van der Waals surface area contributed by atoms with Crippen molar-refractivity contribution in [1.29, 1.82) is 0 Å². The number of hydrogen-bond acceptors (Lipinski definition) is 2. The van der Waals surface area contributed by atoms with Gasteiger partial charge in [0, 0.05) is 5.38 Å². The Kier molecular flexibility index (Phi) is 1.55. The van der Waals surface area contributed by atoms with E-state index in [-0.39, 0.29) is 0 Å². The van der Waals surface area contributed by atoms with Crippen molar-refractivity contribution in [2.24, 2.45) is 0 Å². The molecule has 52 valence electrons. The van der Waals surface area contributed by atoms with Crippen molar-refractivity contribution in [2.45, 2.75) is 19.3 Å². The fraction of sp³-hybridized carbons (Fsp3) is 0.375. The lowest BCUT2D eigenvalue weighted by Crippen LogP contribution is -1.76. The molecule has 1 heterocycles. The number of hydrogen-bond donors (Lipinski definition) is 0. The van der Waals surface area contributed by atoms with Crippen LogP contribution >= 0.6 is 11.5 Å². The van der Waals surface area contributed by atoms with Crippen LogP contribution in [0, 0.1) is 0 Å². The maximum atomic E-state index is 4.27. The summed E-state index contributed by atoms with van der Waals surface area (Å²) in [6, 6.07) is 2.10. The van der Waals surface area contributed by atoms with Crippen LogP contribution in [0.5, 0.6) is 0 Å². The Balaban J connectivity index is 2.28. The minimum atomic E-state index is 1.20. The van der Waals surface area contributed by atoms with E-state index in [9.17, 15) is 0 Å². The second kappa shape index (κ2) is 2.54. The van der Waals surface area contributed by atoms with Crippen molar-refractivity contribution in [3.8, 4) is 0 Å². The molecule has 2 heteroatoms. The normalized spacial score (nSPS) is 17.4. The van der Waals surface area contributed by atoms with E-state index in [1.165, 1.54) is 42.1 Å². The predicted octanol–water partition coefficient (Wildman–Crippen LogP) is 2.71. The molecule has 1 aromatic heterocycles. The molecule has 0 saturated carbocycles. The highest BCUT2D eigenvalue weighted by Crippen LogP contribution is 2.26. The van der Waals surface area contributed by atoms with Gasteiger partial charge in [-0.15, -0.1) is 0 Å². The molecule has 0 bridgehead atoms. The third-order valence-electron chi connectivity index (χ3n) is 1.81. The van der Waals surface area contributed by atoms with Crippen LogP contribution in [-0.4, -0.2) is 4.37 Å². The minimum absolute atomic E-state index is 1.20. The zero-order valence-electron chi connectivity index (χ0n) is 5.71. The minimum Gasteiger partial charge on any atom is -0.193 e. The maximum absolute atomic E-state index is 4.27.